The summed E-state index contributed by atoms with van der Waals surface area (Å²) in [5, 5.41) is 17.8. The first kappa shape index (κ1) is 17.8. The van der Waals surface area contributed by atoms with Crippen molar-refractivity contribution < 1.29 is 19.3 Å². The van der Waals surface area contributed by atoms with Gasteiger partial charge in [0.15, 0.2) is 11.5 Å². The highest BCUT2D eigenvalue weighted by atomic mass is 16.5. The van der Waals surface area contributed by atoms with E-state index in [-0.39, 0.29) is 13.2 Å². The van der Waals surface area contributed by atoms with E-state index >= 15 is 0 Å². The van der Waals surface area contributed by atoms with Crippen molar-refractivity contribution in [1.29, 1.82) is 0 Å². The molecule has 7 heteroatoms. The maximum Gasteiger partial charge on any atom is 0.203 e. The summed E-state index contributed by atoms with van der Waals surface area (Å²) in [4.78, 5) is 1.55. The zero-order chi connectivity index (χ0) is 18.4. The van der Waals surface area contributed by atoms with Crippen LogP contribution in [0, 0.1) is 0 Å². The normalized spacial score (nSPS) is 10.6. The lowest BCUT2D eigenvalue weighted by molar-refractivity contribution is 0.261. The average Bonchev–Trinajstić information content (AvgIpc) is 3.16. The minimum Gasteiger partial charge on any atom is -0.493 e. The Kier molecular flexibility index (Phi) is 5.70. The smallest absolute Gasteiger partial charge is 0.203 e. The van der Waals surface area contributed by atoms with E-state index in [1.807, 2.05) is 42.5 Å². The van der Waals surface area contributed by atoms with Crippen molar-refractivity contribution in [3.05, 3.63) is 59.9 Å². The maximum absolute atomic E-state index is 9.13. The molecule has 0 spiro atoms. The van der Waals surface area contributed by atoms with E-state index in [0.29, 0.717) is 29.4 Å². The quantitative estimate of drug-likeness (QED) is 0.668. The summed E-state index contributed by atoms with van der Waals surface area (Å²) in [6.07, 6.45) is 2.17. The van der Waals surface area contributed by atoms with Crippen LogP contribution in [-0.4, -0.2) is 40.9 Å². The van der Waals surface area contributed by atoms with E-state index in [0.717, 1.165) is 11.3 Å². The van der Waals surface area contributed by atoms with E-state index in [4.69, 9.17) is 19.3 Å². The van der Waals surface area contributed by atoms with Gasteiger partial charge in [0.05, 0.1) is 26.1 Å². The molecule has 1 aromatic heterocycles. The first-order valence-corrected chi connectivity index (χ1v) is 8.20. The van der Waals surface area contributed by atoms with Gasteiger partial charge in [0.2, 0.25) is 5.75 Å². The molecule has 0 aliphatic carbocycles. The zero-order valence-electron chi connectivity index (χ0n) is 14.8. The van der Waals surface area contributed by atoms with Gasteiger partial charge in [-0.3, -0.25) is 0 Å². The fourth-order valence-corrected chi connectivity index (χ4v) is 2.54. The van der Waals surface area contributed by atoms with E-state index in [2.05, 4.69) is 10.2 Å². The standard InChI is InChI=1S/C19H21N3O4/c1-24-17-10-14(8-9-23)11-18(25-2)19(17)26-13-15-12-20-22(21-15)16-6-4-3-5-7-16/h3-7,10-12,23H,8-9,13H2,1-2H3. The van der Waals surface area contributed by atoms with Crippen molar-refractivity contribution in [1.82, 2.24) is 15.0 Å². The molecule has 7 nitrogen and oxygen atoms in total. The monoisotopic (exact) mass is 355 g/mol. The van der Waals surface area contributed by atoms with E-state index in [1.54, 1.807) is 25.2 Å². The number of aliphatic hydroxyl groups is 1. The van der Waals surface area contributed by atoms with Crippen molar-refractivity contribution in [2.45, 2.75) is 13.0 Å². The lowest BCUT2D eigenvalue weighted by atomic mass is 10.1. The van der Waals surface area contributed by atoms with E-state index in [9.17, 15) is 0 Å². The molecule has 0 amide bonds. The molecule has 1 N–H and O–H groups in total. The maximum atomic E-state index is 9.13. The minimum absolute atomic E-state index is 0.0507. The van der Waals surface area contributed by atoms with Crippen LogP contribution in [0.1, 0.15) is 11.3 Å². The van der Waals surface area contributed by atoms with Crippen LogP contribution in [0.5, 0.6) is 17.2 Å². The predicted octanol–water partition coefficient (Wildman–Crippen LogP) is 2.40. The lowest BCUT2D eigenvalue weighted by Crippen LogP contribution is -2.03. The van der Waals surface area contributed by atoms with Gasteiger partial charge in [-0.1, -0.05) is 18.2 Å². The van der Waals surface area contributed by atoms with Crippen LogP contribution < -0.4 is 14.2 Å². The molecule has 0 atom stereocenters. The summed E-state index contributed by atoms with van der Waals surface area (Å²) in [7, 11) is 3.13. The van der Waals surface area contributed by atoms with Crippen LogP contribution in [0.15, 0.2) is 48.7 Å². The van der Waals surface area contributed by atoms with E-state index in [1.165, 1.54) is 0 Å². The SMILES string of the molecule is COc1cc(CCO)cc(OC)c1OCc1cnn(-c2ccccc2)n1. The van der Waals surface area contributed by atoms with Crippen LogP contribution in [0.3, 0.4) is 0 Å². The predicted molar refractivity (Wildman–Crippen MR) is 96.0 cm³/mol. The summed E-state index contributed by atoms with van der Waals surface area (Å²) in [5.74, 6) is 1.58. The van der Waals surface area contributed by atoms with Gasteiger partial charge in [0.25, 0.3) is 0 Å². The molecular weight excluding hydrogens is 334 g/mol. The number of aliphatic hydroxyl groups excluding tert-OH is 1. The number of aromatic nitrogens is 3. The number of methoxy groups -OCH3 is 2. The Morgan fingerprint density at radius 2 is 1.73 bits per heavy atom. The topological polar surface area (TPSA) is 78.6 Å². The molecule has 0 fully saturated rings. The Morgan fingerprint density at radius 1 is 1.04 bits per heavy atom. The second-order valence-electron chi connectivity index (χ2n) is 5.55. The highest BCUT2D eigenvalue weighted by molar-refractivity contribution is 5.54. The fraction of sp³-hybridized carbons (Fsp3) is 0.263. The van der Waals surface area contributed by atoms with Gasteiger partial charge < -0.3 is 19.3 Å². The Balaban J connectivity index is 1.78. The highest BCUT2D eigenvalue weighted by Crippen LogP contribution is 2.39. The van der Waals surface area contributed by atoms with Crippen molar-refractivity contribution >= 4 is 0 Å². The van der Waals surface area contributed by atoms with Gasteiger partial charge >= 0.3 is 0 Å². The Hall–Kier alpha value is -3.06. The third-order valence-corrected chi connectivity index (χ3v) is 3.81. The molecule has 26 heavy (non-hydrogen) atoms. The van der Waals surface area contributed by atoms with Crippen molar-refractivity contribution in [2.75, 3.05) is 20.8 Å². The van der Waals surface area contributed by atoms with Gasteiger partial charge in [-0.2, -0.15) is 9.90 Å². The van der Waals surface area contributed by atoms with Crippen LogP contribution in [0.2, 0.25) is 0 Å². The molecular formula is C19H21N3O4. The molecule has 0 radical (unpaired) electrons. The molecule has 2 aromatic carbocycles. The number of para-hydroxylation sites is 1. The van der Waals surface area contributed by atoms with Crippen LogP contribution in [-0.2, 0) is 13.0 Å². The van der Waals surface area contributed by atoms with Crippen molar-refractivity contribution in [3.63, 3.8) is 0 Å². The number of hydrogen-bond donors (Lipinski definition) is 1. The van der Waals surface area contributed by atoms with Gasteiger partial charge in [0, 0.05) is 6.61 Å². The number of nitrogens with zero attached hydrogens (tertiary/aromatic N) is 3. The molecule has 0 aliphatic rings. The van der Waals surface area contributed by atoms with Crippen LogP contribution in [0.25, 0.3) is 5.69 Å². The Morgan fingerprint density at radius 3 is 2.35 bits per heavy atom. The first-order chi connectivity index (χ1) is 12.7. The Bertz CT molecular complexity index is 824. The molecule has 0 saturated carbocycles. The minimum atomic E-state index is 0.0507. The largest absolute Gasteiger partial charge is 0.493 e. The van der Waals surface area contributed by atoms with Crippen molar-refractivity contribution in [3.8, 4) is 22.9 Å². The summed E-state index contributed by atoms with van der Waals surface area (Å²) < 4.78 is 16.7. The lowest BCUT2D eigenvalue weighted by Gasteiger charge is -2.15. The summed E-state index contributed by atoms with van der Waals surface area (Å²) >= 11 is 0. The summed E-state index contributed by atoms with van der Waals surface area (Å²) in [6.45, 7) is 0.272. The molecule has 0 saturated heterocycles. The first-order valence-electron chi connectivity index (χ1n) is 8.20. The van der Waals surface area contributed by atoms with Crippen molar-refractivity contribution in [2.24, 2.45) is 0 Å². The fourth-order valence-electron chi connectivity index (χ4n) is 2.54. The van der Waals surface area contributed by atoms with Gasteiger partial charge in [-0.05, 0) is 36.2 Å². The second kappa shape index (κ2) is 8.35. The zero-order valence-corrected chi connectivity index (χ0v) is 14.8. The third kappa shape index (κ3) is 3.94. The number of benzene rings is 2. The van der Waals surface area contributed by atoms with E-state index < -0.39 is 0 Å². The number of ether oxygens (including phenoxy) is 3. The van der Waals surface area contributed by atoms with Gasteiger partial charge in [-0.25, -0.2) is 0 Å². The molecule has 0 bridgehead atoms. The number of rotatable bonds is 8. The molecule has 0 unspecified atom stereocenters. The highest BCUT2D eigenvalue weighted by Gasteiger charge is 2.15. The average molecular weight is 355 g/mol. The Labute approximate surface area is 151 Å². The second-order valence-corrected chi connectivity index (χ2v) is 5.55. The molecule has 0 aliphatic heterocycles. The third-order valence-electron chi connectivity index (χ3n) is 3.81. The van der Waals surface area contributed by atoms with Crippen LogP contribution >= 0.6 is 0 Å². The van der Waals surface area contributed by atoms with Crippen LogP contribution in [0.4, 0.5) is 0 Å². The van der Waals surface area contributed by atoms with Gasteiger partial charge in [0.1, 0.15) is 12.3 Å². The molecule has 136 valence electrons. The summed E-state index contributed by atoms with van der Waals surface area (Å²) in [6, 6.07) is 13.3. The molecule has 3 aromatic rings. The summed E-state index contributed by atoms with van der Waals surface area (Å²) in [5.41, 5.74) is 2.46. The number of hydrogen-bond acceptors (Lipinski definition) is 6. The molecule has 3 rings (SSSR count). The van der Waals surface area contributed by atoms with Gasteiger partial charge in [-0.15, -0.1) is 5.10 Å². The molecule has 1 heterocycles.